The monoisotopic (exact) mass is 262 g/mol. The Morgan fingerprint density at radius 2 is 2.21 bits per heavy atom. The van der Waals surface area contributed by atoms with Crippen molar-refractivity contribution < 1.29 is 4.79 Å². The molecule has 1 aromatic carbocycles. The predicted octanol–water partition coefficient (Wildman–Crippen LogP) is 1.12. The number of amides is 1. The number of para-hydroxylation sites is 1. The molecular weight excluding hydrogens is 240 g/mol. The summed E-state index contributed by atoms with van der Waals surface area (Å²) in [5, 5.41) is 3.42. The molecule has 1 aliphatic rings. The highest BCUT2D eigenvalue weighted by molar-refractivity contribution is 6.01. The van der Waals surface area contributed by atoms with E-state index in [1.165, 1.54) is 0 Å². The van der Waals surface area contributed by atoms with Gasteiger partial charge in [-0.2, -0.15) is 0 Å². The van der Waals surface area contributed by atoms with Crippen LogP contribution in [0.4, 0.5) is 11.4 Å². The Kier molecular flexibility index (Phi) is 3.95. The van der Waals surface area contributed by atoms with E-state index < -0.39 is 5.91 Å². The number of carbonyl (C=O) groups is 1. The summed E-state index contributed by atoms with van der Waals surface area (Å²) in [6, 6.07) is 5.56. The fourth-order valence-electron chi connectivity index (χ4n) is 2.69. The number of nitrogen functional groups attached to an aromatic ring is 1. The van der Waals surface area contributed by atoms with Crippen LogP contribution in [0.5, 0.6) is 0 Å². The molecule has 0 aromatic heterocycles. The van der Waals surface area contributed by atoms with Gasteiger partial charge >= 0.3 is 0 Å². The molecular formula is C14H22N4O. The quantitative estimate of drug-likeness (QED) is 0.713. The molecule has 0 spiro atoms. The van der Waals surface area contributed by atoms with Crippen molar-refractivity contribution in [1.29, 1.82) is 0 Å². The van der Waals surface area contributed by atoms with E-state index in [9.17, 15) is 4.79 Å². The van der Waals surface area contributed by atoms with Crippen molar-refractivity contribution in [2.45, 2.75) is 19.4 Å². The summed E-state index contributed by atoms with van der Waals surface area (Å²) in [5.74, 6) is 0.0504. The number of likely N-dealkylation sites (tertiary alicyclic amines) is 1. The lowest BCUT2D eigenvalue weighted by Crippen LogP contribution is -2.43. The van der Waals surface area contributed by atoms with Crippen LogP contribution in [0.25, 0.3) is 0 Å². The van der Waals surface area contributed by atoms with Crippen molar-refractivity contribution in [2.24, 2.45) is 11.7 Å². The third kappa shape index (κ3) is 2.98. The Hall–Kier alpha value is -1.75. The lowest BCUT2D eigenvalue weighted by molar-refractivity contribution is 0.100. The molecule has 5 heteroatoms. The average Bonchev–Trinajstić information content (AvgIpc) is 2.34. The fraction of sp³-hybridized carbons (Fsp3) is 0.500. The first-order chi connectivity index (χ1) is 8.99. The van der Waals surface area contributed by atoms with Crippen molar-refractivity contribution in [2.75, 3.05) is 31.2 Å². The van der Waals surface area contributed by atoms with E-state index in [2.05, 4.69) is 24.2 Å². The van der Waals surface area contributed by atoms with Gasteiger partial charge in [0.25, 0.3) is 5.91 Å². The molecule has 2 rings (SSSR count). The number of nitrogens with two attached hydrogens (primary N) is 2. The largest absolute Gasteiger partial charge is 0.397 e. The van der Waals surface area contributed by atoms with Gasteiger partial charge < -0.3 is 21.7 Å². The standard InChI is InChI=1S/C14H22N4O/c1-9-8-18(2)7-6-12(9)17-13-10(14(16)19)4-3-5-11(13)15/h3-5,9,12,17H,6-8,15H2,1-2H3,(H2,16,19). The van der Waals surface area contributed by atoms with E-state index in [1.54, 1.807) is 18.2 Å². The number of nitrogens with one attached hydrogen (secondary N) is 1. The zero-order valence-electron chi connectivity index (χ0n) is 11.5. The SMILES string of the molecule is CC1CN(C)CCC1Nc1c(N)cccc1C(N)=O. The number of rotatable bonds is 3. The average molecular weight is 262 g/mol. The molecule has 1 saturated heterocycles. The van der Waals surface area contributed by atoms with Crippen LogP contribution >= 0.6 is 0 Å². The van der Waals surface area contributed by atoms with E-state index in [-0.39, 0.29) is 0 Å². The third-order valence-corrected chi connectivity index (χ3v) is 3.80. The number of piperidine rings is 1. The molecule has 1 aromatic rings. The Morgan fingerprint density at radius 3 is 2.84 bits per heavy atom. The van der Waals surface area contributed by atoms with Crippen molar-refractivity contribution in [3.05, 3.63) is 23.8 Å². The van der Waals surface area contributed by atoms with Crippen LogP contribution < -0.4 is 16.8 Å². The third-order valence-electron chi connectivity index (χ3n) is 3.80. The van der Waals surface area contributed by atoms with E-state index in [0.717, 1.165) is 19.5 Å². The molecule has 0 saturated carbocycles. The lowest BCUT2D eigenvalue weighted by Gasteiger charge is -2.36. The lowest BCUT2D eigenvalue weighted by atomic mass is 9.93. The topological polar surface area (TPSA) is 84.4 Å². The van der Waals surface area contributed by atoms with E-state index in [4.69, 9.17) is 11.5 Å². The van der Waals surface area contributed by atoms with Crippen LogP contribution in [0.1, 0.15) is 23.7 Å². The van der Waals surface area contributed by atoms with Crippen molar-refractivity contribution in [3.8, 4) is 0 Å². The Morgan fingerprint density at radius 1 is 1.47 bits per heavy atom. The summed E-state index contributed by atoms with van der Waals surface area (Å²) in [7, 11) is 2.12. The summed E-state index contributed by atoms with van der Waals surface area (Å²) in [5.41, 5.74) is 13.1. The smallest absolute Gasteiger partial charge is 0.250 e. The molecule has 0 bridgehead atoms. The van der Waals surface area contributed by atoms with Crippen LogP contribution in [0, 0.1) is 5.92 Å². The van der Waals surface area contributed by atoms with Crippen LogP contribution in [0.2, 0.25) is 0 Å². The number of benzene rings is 1. The maximum Gasteiger partial charge on any atom is 0.250 e. The normalized spacial score (nSPS) is 24.1. The summed E-state index contributed by atoms with van der Waals surface area (Å²) in [6.45, 7) is 4.29. The Labute approximate surface area is 113 Å². The van der Waals surface area contributed by atoms with Gasteiger partial charge in [-0.3, -0.25) is 4.79 Å². The van der Waals surface area contributed by atoms with E-state index in [0.29, 0.717) is 28.9 Å². The van der Waals surface area contributed by atoms with Crippen molar-refractivity contribution in [3.63, 3.8) is 0 Å². The van der Waals surface area contributed by atoms with Gasteiger partial charge in [0.1, 0.15) is 0 Å². The summed E-state index contributed by atoms with van der Waals surface area (Å²) in [6.07, 6.45) is 1.03. The summed E-state index contributed by atoms with van der Waals surface area (Å²) in [4.78, 5) is 13.8. The minimum absolute atomic E-state index is 0.319. The van der Waals surface area contributed by atoms with Gasteiger partial charge in [-0.05, 0) is 38.1 Å². The maximum absolute atomic E-state index is 11.5. The van der Waals surface area contributed by atoms with Crippen LogP contribution in [-0.4, -0.2) is 37.0 Å². The first kappa shape index (κ1) is 13.7. The van der Waals surface area contributed by atoms with Gasteiger partial charge in [0.15, 0.2) is 0 Å². The van der Waals surface area contributed by atoms with Crippen LogP contribution in [-0.2, 0) is 0 Å². The highest BCUT2D eigenvalue weighted by Crippen LogP contribution is 2.27. The molecule has 1 aliphatic heterocycles. The molecule has 104 valence electrons. The van der Waals surface area contributed by atoms with E-state index >= 15 is 0 Å². The molecule has 5 N–H and O–H groups in total. The first-order valence-electron chi connectivity index (χ1n) is 6.62. The fourth-order valence-corrected chi connectivity index (χ4v) is 2.69. The first-order valence-corrected chi connectivity index (χ1v) is 6.62. The van der Waals surface area contributed by atoms with Gasteiger partial charge in [-0.1, -0.05) is 13.0 Å². The second kappa shape index (κ2) is 5.48. The molecule has 5 nitrogen and oxygen atoms in total. The zero-order chi connectivity index (χ0) is 14.0. The maximum atomic E-state index is 11.5. The highest BCUT2D eigenvalue weighted by atomic mass is 16.1. The molecule has 2 atom stereocenters. The molecule has 1 fully saturated rings. The highest BCUT2D eigenvalue weighted by Gasteiger charge is 2.25. The molecule has 1 amide bonds. The number of primary amides is 1. The number of hydrogen-bond acceptors (Lipinski definition) is 4. The van der Waals surface area contributed by atoms with Crippen LogP contribution in [0.15, 0.2) is 18.2 Å². The van der Waals surface area contributed by atoms with E-state index in [1.807, 2.05) is 0 Å². The summed E-state index contributed by atoms with van der Waals surface area (Å²) < 4.78 is 0. The molecule has 2 unspecified atom stereocenters. The van der Waals surface area contributed by atoms with Gasteiger partial charge in [0, 0.05) is 12.6 Å². The van der Waals surface area contributed by atoms with Gasteiger partial charge in [-0.25, -0.2) is 0 Å². The second-order valence-corrected chi connectivity index (χ2v) is 5.41. The Balaban J connectivity index is 2.21. The molecule has 0 radical (unpaired) electrons. The number of nitrogens with zero attached hydrogens (tertiary/aromatic N) is 1. The van der Waals surface area contributed by atoms with Gasteiger partial charge in [0.05, 0.1) is 16.9 Å². The Bertz CT molecular complexity index is 475. The second-order valence-electron chi connectivity index (χ2n) is 5.41. The van der Waals surface area contributed by atoms with Gasteiger partial charge in [0.2, 0.25) is 0 Å². The predicted molar refractivity (Wildman–Crippen MR) is 78.1 cm³/mol. The minimum atomic E-state index is -0.449. The van der Waals surface area contributed by atoms with Crippen LogP contribution in [0.3, 0.4) is 0 Å². The van der Waals surface area contributed by atoms with Gasteiger partial charge in [-0.15, -0.1) is 0 Å². The van der Waals surface area contributed by atoms with Crippen molar-refractivity contribution in [1.82, 2.24) is 4.90 Å². The molecule has 19 heavy (non-hydrogen) atoms. The number of anilines is 2. The zero-order valence-corrected chi connectivity index (χ0v) is 11.5. The molecule has 1 heterocycles. The minimum Gasteiger partial charge on any atom is -0.397 e. The number of carbonyl (C=O) groups excluding carboxylic acids is 1. The van der Waals surface area contributed by atoms with Crippen molar-refractivity contribution >= 4 is 17.3 Å². The summed E-state index contributed by atoms with van der Waals surface area (Å²) >= 11 is 0. The molecule has 0 aliphatic carbocycles. The number of hydrogen-bond donors (Lipinski definition) is 3.